The number of imidazole rings is 1. The van der Waals surface area contributed by atoms with E-state index in [1.54, 1.807) is 54.1 Å². The number of Topliss-reactive ketones (excluding diaryl/α,β-unsaturated/α-hetero) is 1. The Labute approximate surface area is 234 Å². The first-order chi connectivity index (χ1) is 18.9. The van der Waals surface area contributed by atoms with E-state index in [1.165, 1.54) is 41.3 Å². The summed E-state index contributed by atoms with van der Waals surface area (Å²) >= 11 is 3.29. The molecule has 0 amide bonds. The zero-order valence-corrected chi connectivity index (χ0v) is 22.9. The summed E-state index contributed by atoms with van der Waals surface area (Å²) in [6.45, 7) is 0. The number of thioether (sulfide) groups is 2. The summed E-state index contributed by atoms with van der Waals surface area (Å²) in [5.74, 6) is -1.08. The van der Waals surface area contributed by atoms with Gasteiger partial charge in [-0.15, -0.1) is 23.5 Å². The van der Waals surface area contributed by atoms with E-state index in [0.717, 1.165) is 27.4 Å². The number of ketones is 1. The van der Waals surface area contributed by atoms with Gasteiger partial charge in [0.05, 0.1) is 17.7 Å². The van der Waals surface area contributed by atoms with Gasteiger partial charge in [-0.05, 0) is 90.9 Å². The monoisotopic (exact) mass is 560 g/mol. The molecule has 8 heteroatoms. The number of nitrogens with one attached hydrogen (secondary N) is 1. The molecule has 0 aliphatic carbocycles. The summed E-state index contributed by atoms with van der Waals surface area (Å²) in [5, 5.41) is 10.0. The van der Waals surface area contributed by atoms with Crippen LogP contribution in [0.1, 0.15) is 22.0 Å². The van der Waals surface area contributed by atoms with E-state index in [2.05, 4.69) is 34.2 Å². The summed E-state index contributed by atoms with van der Waals surface area (Å²) in [6.07, 6.45) is 4.44. The van der Waals surface area contributed by atoms with Crippen molar-refractivity contribution in [2.24, 2.45) is 0 Å². The van der Waals surface area contributed by atoms with Crippen LogP contribution in [0.15, 0.2) is 113 Å². The number of nitrogens with zero attached hydrogens (tertiary/aromatic N) is 1. The van der Waals surface area contributed by atoms with E-state index in [-0.39, 0.29) is 5.82 Å². The number of aromatic nitrogens is 2. The van der Waals surface area contributed by atoms with Crippen LogP contribution in [0, 0.1) is 11.6 Å². The normalized spacial score (nSPS) is 11.4. The van der Waals surface area contributed by atoms with Crippen molar-refractivity contribution in [3.63, 3.8) is 0 Å². The molecule has 0 aliphatic heterocycles. The highest BCUT2D eigenvalue weighted by molar-refractivity contribution is 7.98. The summed E-state index contributed by atoms with van der Waals surface area (Å²) in [6, 6.07) is 27.0. The standard InChI is InChI=1S/C16H13FN2S.C15H13FO2S/c1-20-14-8-4-12(5-9-14)16-15(18-10-19-16)11-2-6-13(17)7-3-11;1-19-13-8-4-11(5-9-13)15(18)14(17)10-2-6-12(16)7-3-10/h2-10H,1H3,(H,18,19);2-9,15,18H,1H3. The Hall–Kier alpha value is -3.72. The van der Waals surface area contributed by atoms with Crippen LogP contribution in [0.2, 0.25) is 0 Å². The molecule has 1 aromatic heterocycles. The van der Waals surface area contributed by atoms with Crippen molar-refractivity contribution in [2.75, 3.05) is 12.5 Å². The van der Waals surface area contributed by atoms with Crippen LogP contribution < -0.4 is 0 Å². The molecule has 0 fully saturated rings. The maximum absolute atomic E-state index is 13.0. The predicted octanol–water partition coefficient (Wildman–Crippen LogP) is 8.07. The number of carbonyl (C=O) groups is 1. The van der Waals surface area contributed by atoms with E-state index in [1.807, 2.05) is 24.6 Å². The van der Waals surface area contributed by atoms with E-state index in [4.69, 9.17) is 0 Å². The zero-order valence-electron chi connectivity index (χ0n) is 21.3. The van der Waals surface area contributed by atoms with Gasteiger partial charge in [0, 0.05) is 26.5 Å². The number of rotatable bonds is 7. The summed E-state index contributed by atoms with van der Waals surface area (Å²) in [5.41, 5.74) is 4.58. The van der Waals surface area contributed by atoms with Gasteiger partial charge in [0.25, 0.3) is 0 Å². The number of benzene rings is 4. The molecule has 0 saturated heterocycles. The topological polar surface area (TPSA) is 66.0 Å². The Morgan fingerprint density at radius 3 is 1.77 bits per heavy atom. The van der Waals surface area contributed by atoms with Crippen molar-refractivity contribution in [1.82, 2.24) is 9.97 Å². The van der Waals surface area contributed by atoms with Gasteiger partial charge in [-0.2, -0.15) is 0 Å². The lowest BCUT2D eigenvalue weighted by molar-refractivity contribution is 0.0747. The molecule has 0 saturated carbocycles. The SMILES string of the molecule is CSc1ccc(-c2nc[nH]c2-c2ccc(F)cc2)cc1.CSc1ccc(C(O)C(=O)c2ccc(F)cc2)cc1. The van der Waals surface area contributed by atoms with Crippen LogP contribution in [0.4, 0.5) is 8.78 Å². The molecule has 5 rings (SSSR count). The van der Waals surface area contributed by atoms with Gasteiger partial charge in [-0.25, -0.2) is 13.8 Å². The molecular formula is C31H26F2N2O2S2. The average molecular weight is 561 g/mol. The Morgan fingerprint density at radius 2 is 1.23 bits per heavy atom. The molecule has 1 heterocycles. The zero-order chi connectivity index (χ0) is 27.8. The van der Waals surface area contributed by atoms with Crippen molar-refractivity contribution in [3.05, 3.63) is 126 Å². The van der Waals surface area contributed by atoms with E-state index in [0.29, 0.717) is 11.1 Å². The van der Waals surface area contributed by atoms with Crippen LogP contribution in [-0.2, 0) is 0 Å². The van der Waals surface area contributed by atoms with E-state index in [9.17, 15) is 18.7 Å². The minimum atomic E-state index is -1.22. The fourth-order valence-corrected chi connectivity index (χ4v) is 4.62. The molecule has 5 aromatic rings. The Kier molecular flexibility index (Phi) is 9.70. The highest BCUT2D eigenvalue weighted by Crippen LogP contribution is 2.30. The number of hydrogen-bond acceptors (Lipinski definition) is 5. The van der Waals surface area contributed by atoms with Crippen LogP contribution in [0.3, 0.4) is 0 Å². The summed E-state index contributed by atoms with van der Waals surface area (Å²) < 4.78 is 25.8. The third-order valence-corrected chi connectivity index (χ3v) is 7.43. The maximum atomic E-state index is 13.0. The summed E-state index contributed by atoms with van der Waals surface area (Å²) in [4.78, 5) is 21.8. The third kappa shape index (κ3) is 7.23. The quantitative estimate of drug-likeness (QED) is 0.156. The Morgan fingerprint density at radius 1 is 0.744 bits per heavy atom. The molecule has 0 radical (unpaired) electrons. The summed E-state index contributed by atoms with van der Waals surface area (Å²) in [7, 11) is 0. The second-order valence-electron chi connectivity index (χ2n) is 8.41. The lowest BCUT2D eigenvalue weighted by Gasteiger charge is -2.10. The van der Waals surface area contributed by atoms with Crippen molar-refractivity contribution in [2.45, 2.75) is 15.9 Å². The molecule has 1 atom stereocenters. The molecule has 4 aromatic carbocycles. The molecule has 0 bridgehead atoms. The van der Waals surface area contributed by atoms with Gasteiger partial charge < -0.3 is 10.1 Å². The highest BCUT2D eigenvalue weighted by Gasteiger charge is 2.19. The second kappa shape index (κ2) is 13.4. The first kappa shape index (κ1) is 28.3. The number of H-pyrrole nitrogens is 1. The van der Waals surface area contributed by atoms with Gasteiger partial charge in [0.2, 0.25) is 0 Å². The Bertz CT molecular complexity index is 1500. The fourth-order valence-electron chi connectivity index (χ4n) is 3.81. The number of halogens is 2. The molecule has 1 unspecified atom stereocenters. The van der Waals surface area contributed by atoms with Crippen molar-refractivity contribution >= 4 is 29.3 Å². The third-order valence-electron chi connectivity index (χ3n) is 5.94. The molecule has 39 heavy (non-hydrogen) atoms. The molecule has 0 spiro atoms. The molecule has 0 aliphatic rings. The van der Waals surface area contributed by atoms with E-state index < -0.39 is 17.7 Å². The van der Waals surface area contributed by atoms with Gasteiger partial charge in [0.15, 0.2) is 5.78 Å². The van der Waals surface area contributed by atoms with Crippen LogP contribution in [0.25, 0.3) is 22.5 Å². The van der Waals surface area contributed by atoms with Crippen LogP contribution in [-0.4, -0.2) is 33.4 Å². The van der Waals surface area contributed by atoms with Crippen molar-refractivity contribution in [3.8, 4) is 22.5 Å². The van der Waals surface area contributed by atoms with Gasteiger partial charge in [-0.1, -0.05) is 24.3 Å². The number of hydrogen-bond donors (Lipinski definition) is 2. The minimum Gasteiger partial charge on any atom is -0.380 e. The number of carbonyl (C=O) groups excluding carboxylic acids is 1. The largest absolute Gasteiger partial charge is 0.380 e. The van der Waals surface area contributed by atoms with Gasteiger partial charge in [-0.3, -0.25) is 4.79 Å². The highest BCUT2D eigenvalue weighted by atomic mass is 32.2. The number of aliphatic hydroxyl groups excluding tert-OH is 1. The number of aromatic amines is 1. The van der Waals surface area contributed by atoms with Crippen molar-refractivity contribution in [1.29, 1.82) is 0 Å². The van der Waals surface area contributed by atoms with Crippen LogP contribution in [0.5, 0.6) is 0 Å². The minimum absolute atomic E-state index is 0.237. The van der Waals surface area contributed by atoms with Crippen molar-refractivity contribution < 1.29 is 18.7 Å². The van der Waals surface area contributed by atoms with Gasteiger partial charge >= 0.3 is 0 Å². The van der Waals surface area contributed by atoms with E-state index >= 15 is 0 Å². The lowest BCUT2D eigenvalue weighted by Crippen LogP contribution is -2.12. The smallest absolute Gasteiger partial charge is 0.195 e. The lowest BCUT2D eigenvalue weighted by atomic mass is 10.0. The fraction of sp³-hybridized carbons (Fsp3) is 0.0968. The second-order valence-corrected chi connectivity index (χ2v) is 10.2. The molecule has 4 nitrogen and oxygen atoms in total. The maximum Gasteiger partial charge on any atom is 0.195 e. The molecular weight excluding hydrogens is 534 g/mol. The number of aliphatic hydroxyl groups is 1. The average Bonchev–Trinajstić information content (AvgIpc) is 3.48. The predicted molar refractivity (Wildman–Crippen MR) is 155 cm³/mol. The first-order valence-electron chi connectivity index (χ1n) is 11.9. The Balaban J connectivity index is 0.000000181. The van der Waals surface area contributed by atoms with Crippen LogP contribution >= 0.6 is 23.5 Å². The first-order valence-corrected chi connectivity index (χ1v) is 14.4. The van der Waals surface area contributed by atoms with Gasteiger partial charge in [0.1, 0.15) is 17.7 Å². The molecule has 2 N–H and O–H groups in total. The molecule has 198 valence electrons.